The van der Waals surface area contributed by atoms with Crippen LogP contribution >= 0.6 is 0 Å². The molecule has 2 aliphatic rings. The minimum absolute atomic E-state index is 0.270. The van der Waals surface area contributed by atoms with E-state index in [1.165, 1.54) is 36.2 Å². The minimum Gasteiger partial charge on any atom is -0.371 e. The van der Waals surface area contributed by atoms with E-state index in [9.17, 15) is 0 Å². The summed E-state index contributed by atoms with van der Waals surface area (Å²) >= 11 is 0. The third-order valence-corrected chi connectivity index (χ3v) is 4.88. The fourth-order valence-electron chi connectivity index (χ4n) is 3.24. The molecule has 98 valence electrons. The molecular weight excluding hydrogens is 222 g/mol. The Kier molecular flexibility index (Phi) is 2.74. The average molecular weight is 245 g/mol. The number of rotatable bonds is 2. The number of benzene rings is 1. The monoisotopic (exact) mass is 245 g/mol. The van der Waals surface area contributed by atoms with Gasteiger partial charge >= 0.3 is 0 Å². The normalized spacial score (nSPS) is 21.5. The Morgan fingerprint density at radius 1 is 1.11 bits per heavy atom. The Hall–Kier alpha value is -1.22. The number of fused-ring (bicyclic) bond motifs is 1. The van der Waals surface area contributed by atoms with Gasteiger partial charge in [0.2, 0.25) is 0 Å². The minimum atomic E-state index is 0.270. The summed E-state index contributed by atoms with van der Waals surface area (Å²) in [7, 11) is 4.36. The van der Waals surface area contributed by atoms with Crippen LogP contribution in [0.5, 0.6) is 0 Å². The van der Waals surface area contributed by atoms with E-state index < -0.39 is 0 Å². The zero-order valence-corrected chi connectivity index (χ0v) is 11.4. The molecule has 2 N–H and O–H groups in total. The third kappa shape index (κ3) is 1.61. The number of nitrogens with two attached hydrogens (primary N) is 1. The Morgan fingerprint density at radius 2 is 1.78 bits per heavy atom. The summed E-state index contributed by atoms with van der Waals surface area (Å²) in [5.41, 5.74) is 10.4. The highest BCUT2D eigenvalue weighted by Crippen LogP contribution is 2.45. The first kappa shape index (κ1) is 11.8. The van der Waals surface area contributed by atoms with Crippen LogP contribution in [0, 0.1) is 0 Å². The van der Waals surface area contributed by atoms with Crippen molar-refractivity contribution in [3.8, 4) is 0 Å². The van der Waals surface area contributed by atoms with Crippen molar-refractivity contribution in [2.24, 2.45) is 5.73 Å². The maximum atomic E-state index is 6.01. The van der Waals surface area contributed by atoms with Crippen molar-refractivity contribution in [2.45, 2.75) is 24.7 Å². The molecule has 0 radical (unpaired) electrons. The summed E-state index contributed by atoms with van der Waals surface area (Å²) in [4.78, 5) is 4.71. The summed E-state index contributed by atoms with van der Waals surface area (Å²) in [6, 6.07) is 6.94. The molecule has 3 heteroatoms. The van der Waals surface area contributed by atoms with Gasteiger partial charge in [-0.2, -0.15) is 0 Å². The van der Waals surface area contributed by atoms with Crippen molar-refractivity contribution in [3.05, 3.63) is 23.8 Å². The van der Waals surface area contributed by atoms with Crippen LogP contribution in [-0.2, 0) is 5.41 Å². The van der Waals surface area contributed by atoms with Crippen molar-refractivity contribution < 1.29 is 0 Å². The maximum Gasteiger partial charge on any atom is 0.0605 e. The molecule has 0 saturated heterocycles. The second-order valence-electron chi connectivity index (χ2n) is 5.88. The highest BCUT2D eigenvalue weighted by atomic mass is 15.2. The summed E-state index contributed by atoms with van der Waals surface area (Å²) in [6.45, 7) is 2.98. The summed E-state index contributed by atoms with van der Waals surface area (Å²) in [5, 5.41) is 0. The third-order valence-electron chi connectivity index (χ3n) is 4.88. The van der Waals surface area contributed by atoms with Gasteiger partial charge in [0.05, 0.1) is 11.4 Å². The first-order valence-corrected chi connectivity index (χ1v) is 6.93. The largest absolute Gasteiger partial charge is 0.371 e. The highest BCUT2D eigenvalue weighted by Gasteiger charge is 2.38. The first-order chi connectivity index (χ1) is 8.66. The topological polar surface area (TPSA) is 32.5 Å². The molecule has 0 spiro atoms. The number of nitrogens with zero attached hydrogens (tertiary/aromatic N) is 2. The molecule has 18 heavy (non-hydrogen) atoms. The van der Waals surface area contributed by atoms with Gasteiger partial charge in [-0.05, 0) is 30.5 Å². The van der Waals surface area contributed by atoms with Crippen LogP contribution < -0.4 is 15.5 Å². The molecular formula is C15H23N3. The summed E-state index contributed by atoms with van der Waals surface area (Å²) in [5.74, 6) is 0. The van der Waals surface area contributed by atoms with Gasteiger partial charge in [-0.15, -0.1) is 0 Å². The standard InChI is InChI=1S/C15H23N3/c1-17-8-9-18(2)14-10-12(4-5-13(14)17)15(11-16)6-3-7-15/h4-5,10H,3,6-9,11,16H2,1-2H3. The fraction of sp³-hybridized carbons (Fsp3) is 0.600. The van der Waals surface area contributed by atoms with E-state index in [1.807, 2.05) is 0 Å². The van der Waals surface area contributed by atoms with E-state index in [-0.39, 0.29) is 5.41 Å². The number of hydrogen-bond donors (Lipinski definition) is 1. The van der Waals surface area contributed by atoms with Crippen LogP contribution in [-0.4, -0.2) is 33.7 Å². The van der Waals surface area contributed by atoms with E-state index >= 15 is 0 Å². The molecule has 0 amide bonds. The SMILES string of the molecule is CN1CCN(C)c2cc(C3(CN)CCC3)ccc21. The maximum absolute atomic E-state index is 6.01. The lowest BCUT2D eigenvalue weighted by atomic mass is 9.64. The Balaban J connectivity index is 2.02. The zero-order valence-electron chi connectivity index (χ0n) is 11.4. The lowest BCUT2D eigenvalue weighted by Gasteiger charge is -2.43. The van der Waals surface area contributed by atoms with Gasteiger partial charge in [0.1, 0.15) is 0 Å². The van der Waals surface area contributed by atoms with Crippen LogP contribution in [0.15, 0.2) is 18.2 Å². The number of likely N-dealkylation sites (N-methyl/N-ethyl adjacent to an activating group) is 2. The molecule has 1 aliphatic carbocycles. The van der Waals surface area contributed by atoms with Crippen molar-refractivity contribution in [2.75, 3.05) is 43.5 Å². The van der Waals surface area contributed by atoms with Crippen LogP contribution in [0.3, 0.4) is 0 Å². The molecule has 0 aromatic heterocycles. The highest BCUT2D eigenvalue weighted by molar-refractivity contribution is 5.74. The molecule has 3 nitrogen and oxygen atoms in total. The van der Waals surface area contributed by atoms with Crippen LogP contribution in [0.4, 0.5) is 11.4 Å². The molecule has 1 saturated carbocycles. The van der Waals surface area contributed by atoms with Gasteiger partial charge in [0.25, 0.3) is 0 Å². The predicted molar refractivity (Wildman–Crippen MR) is 77.6 cm³/mol. The molecule has 1 fully saturated rings. The van der Waals surface area contributed by atoms with Crippen LogP contribution in [0.1, 0.15) is 24.8 Å². The molecule has 3 rings (SSSR count). The second-order valence-corrected chi connectivity index (χ2v) is 5.88. The molecule has 0 unspecified atom stereocenters. The lowest BCUT2D eigenvalue weighted by Crippen LogP contribution is -2.42. The van der Waals surface area contributed by atoms with Crippen LogP contribution in [0.2, 0.25) is 0 Å². The molecule has 1 aromatic carbocycles. The molecule has 1 aromatic rings. The van der Waals surface area contributed by atoms with Gasteiger partial charge in [0.15, 0.2) is 0 Å². The Labute approximate surface area is 110 Å². The van der Waals surface area contributed by atoms with E-state index in [4.69, 9.17) is 5.73 Å². The van der Waals surface area contributed by atoms with Crippen molar-refractivity contribution in [1.82, 2.24) is 0 Å². The quantitative estimate of drug-likeness (QED) is 0.864. The van der Waals surface area contributed by atoms with Gasteiger partial charge < -0.3 is 15.5 Å². The van der Waals surface area contributed by atoms with Gasteiger partial charge in [-0.3, -0.25) is 0 Å². The summed E-state index contributed by atoms with van der Waals surface area (Å²) < 4.78 is 0. The molecule has 1 heterocycles. The van der Waals surface area contributed by atoms with E-state index in [0.717, 1.165) is 19.6 Å². The first-order valence-electron chi connectivity index (χ1n) is 6.93. The zero-order chi connectivity index (χ0) is 12.8. The molecule has 1 aliphatic heterocycles. The van der Waals surface area contributed by atoms with E-state index in [0.29, 0.717) is 0 Å². The van der Waals surface area contributed by atoms with Gasteiger partial charge in [0, 0.05) is 39.1 Å². The van der Waals surface area contributed by atoms with Gasteiger partial charge in [-0.1, -0.05) is 12.5 Å². The predicted octanol–water partition coefficient (Wildman–Crippen LogP) is 1.95. The van der Waals surface area contributed by atoms with E-state index in [1.54, 1.807) is 0 Å². The van der Waals surface area contributed by atoms with Crippen molar-refractivity contribution in [3.63, 3.8) is 0 Å². The van der Waals surface area contributed by atoms with Crippen molar-refractivity contribution >= 4 is 11.4 Å². The Bertz CT molecular complexity index is 446. The number of hydrogen-bond acceptors (Lipinski definition) is 3. The smallest absolute Gasteiger partial charge is 0.0605 e. The summed E-state index contributed by atoms with van der Waals surface area (Å²) in [6.07, 6.45) is 3.83. The van der Waals surface area contributed by atoms with Crippen molar-refractivity contribution in [1.29, 1.82) is 0 Å². The lowest BCUT2D eigenvalue weighted by molar-refractivity contribution is 0.253. The molecule has 0 bridgehead atoms. The number of anilines is 2. The average Bonchev–Trinajstić information content (AvgIpc) is 2.34. The van der Waals surface area contributed by atoms with Crippen LogP contribution in [0.25, 0.3) is 0 Å². The Morgan fingerprint density at radius 3 is 2.33 bits per heavy atom. The molecule has 0 atom stereocenters. The van der Waals surface area contributed by atoms with Gasteiger partial charge in [-0.25, -0.2) is 0 Å². The fourth-order valence-corrected chi connectivity index (χ4v) is 3.24. The van der Waals surface area contributed by atoms with E-state index in [2.05, 4.69) is 42.1 Å². The second kappa shape index (κ2) is 4.16.